The Labute approximate surface area is 203 Å². The highest BCUT2D eigenvalue weighted by Gasteiger charge is 2.33. The van der Waals surface area contributed by atoms with Gasteiger partial charge < -0.3 is 19.5 Å². The van der Waals surface area contributed by atoms with E-state index >= 15 is 0 Å². The van der Waals surface area contributed by atoms with E-state index < -0.39 is 0 Å². The number of aryl methyl sites for hydroxylation is 1. The molecule has 2 N–H and O–H groups in total. The molecule has 0 amide bonds. The Kier molecular flexibility index (Phi) is 6.07. The van der Waals surface area contributed by atoms with Crippen molar-refractivity contribution < 1.29 is 24.3 Å². The third-order valence-corrected chi connectivity index (χ3v) is 6.77. The summed E-state index contributed by atoms with van der Waals surface area (Å²) in [7, 11) is 1.57. The number of rotatable bonds is 6. The summed E-state index contributed by atoms with van der Waals surface area (Å²) in [5.41, 5.74) is 3.54. The van der Waals surface area contributed by atoms with E-state index in [0.717, 1.165) is 43.4 Å². The first-order chi connectivity index (χ1) is 17.0. The highest BCUT2D eigenvalue weighted by molar-refractivity contribution is 6.12. The van der Waals surface area contributed by atoms with Crippen LogP contribution in [0.2, 0.25) is 0 Å². The van der Waals surface area contributed by atoms with Crippen LogP contribution in [0.3, 0.4) is 0 Å². The summed E-state index contributed by atoms with van der Waals surface area (Å²) in [5.74, 6) is 0.294. The summed E-state index contributed by atoms with van der Waals surface area (Å²) >= 11 is 0. The molecule has 1 aliphatic rings. The molecule has 0 unspecified atom stereocenters. The van der Waals surface area contributed by atoms with Gasteiger partial charge in [0, 0.05) is 34.5 Å². The SMILES string of the molecule is COc1ccc(C(=O)c2c(O)c(O)n(-c3ccc(-c4cc(C)no4)cc3)c2C2CCCCC2)cc1. The molecule has 2 aromatic carbocycles. The lowest BCUT2D eigenvalue weighted by atomic mass is 9.84. The lowest BCUT2D eigenvalue weighted by Crippen LogP contribution is -2.14. The fraction of sp³-hybridized carbons (Fsp3) is 0.286. The van der Waals surface area contributed by atoms with E-state index in [1.807, 2.05) is 37.3 Å². The number of hydrogen-bond acceptors (Lipinski definition) is 6. The molecule has 4 aromatic rings. The van der Waals surface area contributed by atoms with E-state index in [9.17, 15) is 15.0 Å². The Hall–Kier alpha value is -4.00. The second kappa shape index (κ2) is 9.33. The van der Waals surface area contributed by atoms with Crippen molar-refractivity contribution in [2.75, 3.05) is 7.11 Å². The van der Waals surface area contributed by atoms with Gasteiger partial charge in [-0.25, -0.2) is 0 Å². The molecule has 1 saturated carbocycles. The molecular weight excluding hydrogens is 444 g/mol. The smallest absolute Gasteiger partial charge is 0.240 e. The van der Waals surface area contributed by atoms with Crippen molar-refractivity contribution in [2.24, 2.45) is 0 Å². The Balaban J connectivity index is 1.62. The van der Waals surface area contributed by atoms with E-state index in [2.05, 4.69) is 5.16 Å². The highest BCUT2D eigenvalue weighted by atomic mass is 16.5. The molecule has 0 radical (unpaired) electrons. The summed E-state index contributed by atoms with van der Waals surface area (Å²) in [5, 5.41) is 26.0. The van der Waals surface area contributed by atoms with Gasteiger partial charge in [0.2, 0.25) is 5.88 Å². The predicted octanol–water partition coefficient (Wildman–Crippen LogP) is 6.14. The number of nitrogens with zero attached hydrogens (tertiary/aromatic N) is 2. The summed E-state index contributed by atoms with van der Waals surface area (Å²) in [6.45, 7) is 1.86. The summed E-state index contributed by atoms with van der Waals surface area (Å²) in [4.78, 5) is 13.6. The van der Waals surface area contributed by atoms with E-state index in [0.29, 0.717) is 28.5 Å². The quantitative estimate of drug-likeness (QED) is 0.327. The molecule has 7 nitrogen and oxygen atoms in total. The molecule has 1 aliphatic carbocycles. The molecule has 5 rings (SSSR count). The normalized spacial score (nSPS) is 14.2. The van der Waals surface area contributed by atoms with Crippen molar-refractivity contribution in [3.63, 3.8) is 0 Å². The van der Waals surface area contributed by atoms with E-state index in [4.69, 9.17) is 9.26 Å². The van der Waals surface area contributed by atoms with Gasteiger partial charge in [-0.15, -0.1) is 0 Å². The fourth-order valence-corrected chi connectivity index (χ4v) is 4.97. The third-order valence-electron chi connectivity index (χ3n) is 6.77. The number of aromatic nitrogens is 2. The Morgan fingerprint density at radius 3 is 2.31 bits per heavy atom. The first-order valence-corrected chi connectivity index (χ1v) is 11.9. The van der Waals surface area contributed by atoms with Crippen LogP contribution in [0.15, 0.2) is 59.1 Å². The van der Waals surface area contributed by atoms with Crippen molar-refractivity contribution in [3.8, 4) is 34.4 Å². The lowest BCUT2D eigenvalue weighted by Gasteiger charge is -2.25. The molecule has 2 aromatic heterocycles. The maximum atomic E-state index is 13.6. The maximum Gasteiger partial charge on any atom is 0.240 e. The number of ketones is 1. The summed E-state index contributed by atoms with van der Waals surface area (Å²) in [6.07, 6.45) is 5.00. The molecule has 7 heteroatoms. The second-order valence-corrected chi connectivity index (χ2v) is 9.04. The van der Waals surface area contributed by atoms with Gasteiger partial charge in [-0.3, -0.25) is 9.36 Å². The average Bonchev–Trinajstić information content (AvgIpc) is 3.45. The average molecular weight is 473 g/mol. The van der Waals surface area contributed by atoms with Gasteiger partial charge in [-0.05, 0) is 68.3 Å². The van der Waals surface area contributed by atoms with Crippen molar-refractivity contribution in [1.29, 1.82) is 0 Å². The molecular formula is C28H28N2O5. The molecule has 0 atom stereocenters. The standard InChI is InChI=1S/C28H28N2O5/c1-17-16-23(35-29-17)18-8-12-21(13-9-18)30-25(19-6-4-3-5-7-19)24(27(32)28(30)33)26(31)20-10-14-22(34-2)15-11-20/h8-16,19,32-33H,3-7H2,1-2H3. The second-order valence-electron chi connectivity index (χ2n) is 9.04. The lowest BCUT2D eigenvalue weighted by molar-refractivity contribution is 0.103. The number of carbonyl (C=O) groups excluding carboxylic acids is 1. The molecule has 2 heterocycles. The van der Waals surface area contributed by atoms with Gasteiger partial charge in [0.1, 0.15) is 5.75 Å². The first kappa shape index (κ1) is 22.8. The number of ether oxygens (including phenoxy) is 1. The van der Waals surface area contributed by atoms with Crippen LogP contribution in [0, 0.1) is 6.92 Å². The van der Waals surface area contributed by atoms with Crippen molar-refractivity contribution in [3.05, 3.63) is 77.1 Å². The first-order valence-electron chi connectivity index (χ1n) is 11.9. The minimum Gasteiger partial charge on any atom is -0.503 e. The molecule has 35 heavy (non-hydrogen) atoms. The molecule has 0 aliphatic heterocycles. The van der Waals surface area contributed by atoms with Crippen molar-refractivity contribution in [2.45, 2.75) is 44.9 Å². The van der Waals surface area contributed by atoms with Gasteiger partial charge >= 0.3 is 0 Å². The molecule has 0 saturated heterocycles. The Bertz CT molecular complexity index is 1340. The third kappa shape index (κ3) is 4.18. The van der Waals surface area contributed by atoms with Crippen LogP contribution in [-0.4, -0.2) is 32.8 Å². The number of methoxy groups -OCH3 is 1. The van der Waals surface area contributed by atoms with Gasteiger partial charge in [0.25, 0.3) is 0 Å². The Morgan fingerprint density at radius 2 is 1.71 bits per heavy atom. The van der Waals surface area contributed by atoms with Crippen molar-refractivity contribution >= 4 is 5.78 Å². The summed E-state index contributed by atoms with van der Waals surface area (Å²) in [6, 6.07) is 16.1. The molecule has 0 spiro atoms. The van der Waals surface area contributed by atoms with Crippen LogP contribution >= 0.6 is 0 Å². The van der Waals surface area contributed by atoms with E-state index in [-0.39, 0.29) is 28.9 Å². The van der Waals surface area contributed by atoms with Crippen LogP contribution in [-0.2, 0) is 0 Å². The largest absolute Gasteiger partial charge is 0.503 e. The maximum absolute atomic E-state index is 13.6. The van der Waals surface area contributed by atoms with Crippen molar-refractivity contribution in [1.82, 2.24) is 9.72 Å². The van der Waals surface area contributed by atoms with Gasteiger partial charge in [-0.1, -0.05) is 24.4 Å². The minimum atomic E-state index is -0.388. The highest BCUT2D eigenvalue weighted by Crippen LogP contribution is 2.46. The van der Waals surface area contributed by atoms with Crippen LogP contribution in [0.4, 0.5) is 0 Å². The van der Waals surface area contributed by atoms with E-state index in [1.54, 1.807) is 35.9 Å². The molecule has 0 bridgehead atoms. The zero-order chi connectivity index (χ0) is 24.5. The van der Waals surface area contributed by atoms with Gasteiger partial charge in [-0.2, -0.15) is 0 Å². The zero-order valence-electron chi connectivity index (χ0n) is 19.8. The zero-order valence-corrected chi connectivity index (χ0v) is 19.8. The van der Waals surface area contributed by atoms with Crippen LogP contribution < -0.4 is 4.74 Å². The van der Waals surface area contributed by atoms with Crippen LogP contribution in [0.25, 0.3) is 17.0 Å². The molecule has 1 fully saturated rings. The topological polar surface area (TPSA) is 97.7 Å². The molecule has 180 valence electrons. The van der Waals surface area contributed by atoms with Crippen LogP contribution in [0.5, 0.6) is 17.4 Å². The predicted molar refractivity (Wildman–Crippen MR) is 132 cm³/mol. The Morgan fingerprint density at radius 1 is 1.03 bits per heavy atom. The number of hydrogen-bond donors (Lipinski definition) is 2. The van der Waals surface area contributed by atoms with Crippen LogP contribution in [0.1, 0.15) is 65.3 Å². The minimum absolute atomic E-state index is 0.0457. The number of carbonyl (C=O) groups is 1. The fourth-order valence-electron chi connectivity index (χ4n) is 4.97. The number of benzene rings is 2. The summed E-state index contributed by atoms with van der Waals surface area (Å²) < 4.78 is 12.2. The monoisotopic (exact) mass is 472 g/mol. The number of aromatic hydroxyl groups is 2. The van der Waals surface area contributed by atoms with E-state index in [1.165, 1.54) is 0 Å². The van der Waals surface area contributed by atoms with Gasteiger partial charge in [0.05, 0.1) is 18.4 Å². The van der Waals surface area contributed by atoms with Gasteiger partial charge in [0.15, 0.2) is 17.3 Å².